The third-order valence-corrected chi connectivity index (χ3v) is 26.1. The van der Waals surface area contributed by atoms with Crippen molar-refractivity contribution < 1.29 is 45.0 Å². The molecule has 15 rings (SSSR count). The first-order valence-electron chi connectivity index (χ1n) is 42.2. The standard InChI is InChI=1S/C106H100F6N4O4Si/c1-5-9-22-78-32-52-90(53-33-78)113(88-26-16-13-17-27-88)96-64-44-84(45-65-96)86-48-68-98(69-49-86)115(92-56-36-80(37-57-92)24-11-7-3)94-60-40-82(41-61-94)76-118-121(101-30-20-15-21-31-101,102-74-72-100(73-75-102)120-106(112)104(109,110)103(107,108)105(106,111)117)119-77-83-42-62-95(63-43-83)116(93-58-38-81(39-59-93)25-12-8-4)99-70-50-87(51-71-99)85-46-66-97(67-47-85)114(89-28-18-14-19-29-89)91-54-34-79(35-55-91)23-10-6-2/h13-21,26-75,117H,5-12,22-25,76-77H2,1-4H3. The second-order valence-electron chi connectivity index (χ2n) is 31.2. The molecule has 0 bridgehead atoms. The van der Waals surface area contributed by atoms with Crippen molar-refractivity contribution in [3.8, 4) is 28.0 Å². The number of hydrogen-bond donors (Lipinski definition) is 1. The molecule has 14 aromatic rings. The fourth-order valence-electron chi connectivity index (χ4n) is 15.8. The van der Waals surface area contributed by atoms with Gasteiger partial charge in [-0.25, -0.2) is 0 Å². The molecule has 2 unspecified atom stereocenters. The maximum Gasteiger partial charge on any atom is 0.407 e. The molecule has 1 aliphatic rings. The summed E-state index contributed by atoms with van der Waals surface area (Å²) in [4.78, 5) is 9.00. The maximum atomic E-state index is 15.8. The van der Waals surface area contributed by atoms with E-state index in [4.69, 9.17) is 13.6 Å². The molecule has 15 heteroatoms. The summed E-state index contributed by atoms with van der Waals surface area (Å²) in [6.45, 7) is 8.78. The minimum Gasteiger partial charge on any atom is -0.448 e. The molecule has 0 radical (unpaired) electrons. The molecule has 1 saturated carbocycles. The zero-order valence-corrected chi connectivity index (χ0v) is 69.7. The highest BCUT2D eigenvalue weighted by molar-refractivity contribution is 6.92. The van der Waals surface area contributed by atoms with Gasteiger partial charge in [0.05, 0.1) is 13.2 Å². The summed E-state index contributed by atoms with van der Waals surface area (Å²) >= 11 is 0. The quantitative estimate of drug-likeness (QED) is 0.0308. The second kappa shape index (κ2) is 37.6. The van der Waals surface area contributed by atoms with Crippen LogP contribution < -0.4 is 34.7 Å². The summed E-state index contributed by atoms with van der Waals surface area (Å²) in [5.41, 5.74) is 22.8. The van der Waals surface area contributed by atoms with Crippen LogP contribution in [0.4, 0.5) is 94.6 Å². The Balaban J connectivity index is 0.720. The molecule has 0 heterocycles. The molecular weight excluding hydrogens is 1540 g/mol. The van der Waals surface area contributed by atoms with Crippen molar-refractivity contribution in [2.24, 2.45) is 0 Å². The monoisotopic (exact) mass is 1630 g/mol. The van der Waals surface area contributed by atoms with Gasteiger partial charge in [-0.15, -0.1) is 0 Å². The SMILES string of the molecule is CCCCc1ccc(N(c2ccccc2)c2ccc(-c3ccc(N(c4ccc(CCCC)cc4)c4ccc(CO[Si](OCc5ccc(N(c6ccc(CCCC)cc6)c6ccc(-c7ccc(N(c8ccccc8)c8ccc(CCCC)cc8)cc7)cc6)cc5)(c5ccccc5)c5ccc(OC6(F)C(O)(F)C(F)(F)C6(F)F)cc5)cc4)cc3)cc2)cc1. The molecule has 8 nitrogen and oxygen atoms in total. The zero-order valence-electron chi connectivity index (χ0n) is 68.7. The number of aliphatic hydroxyl groups is 1. The number of para-hydroxylation sites is 2. The molecule has 0 spiro atoms. The van der Waals surface area contributed by atoms with E-state index in [1.54, 1.807) is 0 Å². The van der Waals surface area contributed by atoms with Gasteiger partial charge in [-0.3, -0.25) is 0 Å². The maximum absolute atomic E-state index is 15.8. The minimum atomic E-state index is -5.78. The van der Waals surface area contributed by atoms with Crippen LogP contribution >= 0.6 is 0 Å². The molecule has 0 amide bonds. The highest BCUT2D eigenvalue weighted by atomic mass is 28.4. The first-order chi connectivity index (χ1) is 58.9. The van der Waals surface area contributed by atoms with Crippen LogP contribution in [0.15, 0.2) is 358 Å². The lowest BCUT2D eigenvalue weighted by Gasteiger charge is -2.53. The Morgan fingerprint density at radius 1 is 0.256 bits per heavy atom. The molecule has 0 saturated heterocycles. The first-order valence-corrected chi connectivity index (χ1v) is 44.0. The first kappa shape index (κ1) is 83.8. The highest BCUT2D eigenvalue weighted by Gasteiger charge is 3.01. The van der Waals surface area contributed by atoms with Gasteiger partial charge < -0.3 is 38.3 Å². The summed E-state index contributed by atoms with van der Waals surface area (Å²) in [5.74, 6) is -22.7. The molecule has 614 valence electrons. The van der Waals surface area contributed by atoms with Crippen molar-refractivity contribution in [3.63, 3.8) is 0 Å². The normalized spacial score (nSPS) is 15.3. The molecule has 0 aliphatic heterocycles. The molecule has 2 atom stereocenters. The summed E-state index contributed by atoms with van der Waals surface area (Å²) in [5, 5.41) is 10.9. The molecule has 0 aromatic heterocycles. The van der Waals surface area contributed by atoms with E-state index in [-0.39, 0.29) is 13.2 Å². The van der Waals surface area contributed by atoms with Gasteiger partial charge in [0.25, 0.3) is 0 Å². The number of anilines is 12. The van der Waals surface area contributed by atoms with Crippen LogP contribution in [-0.2, 0) is 47.7 Å². The smallest absolute Gasteiger partial charge is 0.407 e. The van der Waals surface area contributed by atoms with E-state index in [2.05, 4.69) is 290 Å². The topological polar surface area (TPSA) is 60.9 Å². The lowest BCUT2D eigenvalue weighted by atomic mass is 9.76. The van der Waals surface area contributed by atoms with Gasteiger partial charge in [0.2, 0.25) is 0 Å². The van der Waals surface area contributed by atoms with Crippen molar-refractivity contribution in [2.45, 2.75) is 142 Å². The van der Waals surface area contributed by atoms with Gasteiger partial charge in [-0.05, 0) is 275 Å². The van der Waals surface area contributed by atoms with Gasteiger partial charge in [0, 0.05) is 68.2 Å². The summed E-state index contributed by atoms with van der Waals surface area (Å²) in [6.07, 6.45) is 12.9. The van der Waals surface area contributed by atoms with Gasteiger partial charge in [0.1, 0.15) is 5.75 Å². The Hall–Kier alpha value is -12.2. The van der Waals surface area contributed by atoms with Gasteiger partial charge in [-0.1, -0.05) is 254 Å². The Morgan fingerprint density at radius 2 is 0.479 bits per heavy atom. The second-order valence-corrected chi connectivity index (χ2v) is 34.1. The number of rotatable bonds is 36. The molecule has 1 fully saturated rings. The number of nitrogens with zero attached hydrogens (tertiary/aromatic N) is 4. The minimum absolute atomic E-state index is 0.0201. The molecule has 1 N–H and O–H groups in total. The predicted octanol–water partition coefficient (Wildman–Crippen LogP) is 28.2. The summed E-state index contributed by atoms with van der Waals surface area (Å²) < 4.78 is 109. The van der Waals surface area contributed by atoms with Gasteiger partial charge in [0.15, 0.2) is 0 Å². The molecule has 121 heavy (non-hydrogen) atoms. The number of benzene rings is 14. The number of halogens is 6. The van der Waals surface area contributed by atoms with Crippen molar-refractivity contribution in [3.05, 3.63) is 391 Å². The average Bonchev–Trinajstić information content (AvgIpc) is 0.659. The lowest BCUT2D eigenvalue weighted by molar-refractivity contribution is -0.535. The third-order valence-electron chi connectivity index (χ3n) is 22.8. The number of unbranched alkanes of at least 4 members (excludes halogenated alkanes) is 4. The fourth-order valence-corrected chi connectivity index (χ4v) is 18.8. The number of hydrogen-bond acceptors (Lipinski definition) is 8. The van der Waals surface area contributed by atoms with E-state index in [0.29, 0.717) is 10.4 Å². The molecular formula is C106H100F6N4O4Si. The highest BCUT2D eigenvalue weighted by Crippen LogP contribution is 2.67. The van der Waals surface area contributed by atoms with E-state index in [9.17, 15) is 22.7 Å². The van der Waals surface area contributed by atoms with Crippen LogP contribution in [0.5, 0.6) is 5.75 Å². The van der Waals surface area contributed by atoms with E-state index >= 15 is 8.78 Å². The van der Waals surface area contributed by atoms with Crippen molar-refractivity contribution in [1.29, 1.82) is 0 Å². The van der Waals surface area contributed by atoms with Crippen LogP contribution in [-0.4, -0.2) is 37.2 Å². The van der Waals surface area contributed by atoms with Crippen molar-refractivity contribution in [1.82, 2.24) is 0 Å². The Labute approximate surface area is 708 Å². The average molecular weight is 1640 g/mol. The predicted molar refractivity (Wildman–Crippen MR) is 485 cm³/mol. The number of aryl methyl sites for hydroxylation is 4. The van der Waals surface area contributed by atoms with E-state index in [1.807, 2.05) is 91.0 Å². The third kappa shape index (κ3) is 18.0. The largest absolute Gasteiger partial charge is 0.448 e. The number of ether oxygens (including phenoxy) is 1. The Bertz CT molecular complexity index is 5330. The fraction of sp³-hybridized carbons (Fsp3) is 0.208. The van der Waals surface area contributed by atoms with Gasteiger partial charge >= 0.3 is 32.1 Å². The van der Waals surface area contributed by atoms with Crippen LogP contribution in [0, 0.1) is 0 Å². The zero-order chi connectivity index (χ0) is 84.0. The van der Waals surface area contributed by atoms with E-state index < -0.39 is 37.9 Å². The molecule has 1 aliphatic carbocycles. The van der Waals surface area contributed by atoms with E-state index in [0.717, 1.165) is 191 Å². The summed E-state index contributed by atoms with van der Waals surface area (Å²) in [6, 6.07) is 121. The lowest BCUT2D eigenvalue weighted by Crippen LogP contribution is -2.88. The van der Waals surface area contributed by atoms with E-state index in [1.165, 1.54) is 34.4 Å². The van der Waals surface area contributed by atoms with Crippen LogP contribution in [0.2, 0.25) is 0 Å². The van der Waals surface area contributed by atoms with Crippen molar-refractivity contribution >= 4 is 87.2 Å². The van der Waals surface area contributed by atoms with Crippen molar-refractivity contribution in [2.75, 3.05) is 19.6 Å². The van der Waals surface area contributed by atoms with Crippen LogP contribution in [0.25, 0.3) is 22.3 Å². The summed E-state index contributed by atoms with van der Waals surface area (Å²) in [7, 11) is -4.11. The molecule has 14 aromatic carbocycles. The van der Waals surface area contributed by atoms with Crippen LogP contribution in [0.1, 0.15) is 112 Å². The Kier molecular flexibility index (Phi) is 26.0. The Morgan fingerprint density at radius 3 is 0.727 bits per heavy atom. The van der Waals surface area contributed by atoms with Crippen LogP contribution in [0.3, 0.4) is 0 Å². The van der Waals surface area contributed by atoms with Gasteiger partial charge in [-0.2, -0.15) is 26.3 Å². The number of alkyl halides is 6.